The van der Waals surface area contributed by atoms with Gasteiger partial charge in [-0.15, -0.1) is 0 Å². The van der Waals surface area contributed by atoms with Gasteiger partial charge in [-0.25, -0.2) is 4.21 Å². The topological polar surface area (TPSA) is 95.9 Å². The molecule has 30 heavy (non-hydrogen) atoms. The molecule has 0 amide bonds. The van der Waals surface area contributed by atoms with Crippen LogP contribution in [0, 0.1) is 0 Å². The van der Waals surface area contributed by atoms with Gasteiger partial charge in [0.1, 0.15) is 12.0 Å². The first-order valence-electron chi connectivity index (χ1n) is 10.3. The Balaban J connectivity index is 1.30. The summed E-state index contributed by atoms with van der Waals surface area (Å²) in [5.74, 6) is 0.485. The highest BCUT2D eigenvalue weighted by molar-refractivity contribution is 7.80. The van der Waals surface area contributed by atoms with Crippen LogP contribution in [0.4, 0.5) is 0 Å². The highest BCUT2D eigenvalue weighted by atomic mass is 32.2. The van der Waals surface area contributed by atoms with Gasteiger partial charge in [0.05, 0.1) is 16.7 Å². The molecular weight excluding hydrogens is 404 g/mol. The average molecular weight is 431 g/mol. The summed E-state index contributed by atoms with van der Waals surface area (Å²) in [6, 6.07) is 7.40. The van der Waals surface area contributed by atoms with Gasteiger partial charge in [0.15, 0.2) is 11.1 Å². The number of para-hydroxylation sites is 1. The minimum absolute atomic E-state index is 0.175. The van der Waals surface area contributed by atoms with Crippen LogP contribution >= 0.6 is 0 Å². The summed E-state index contributed by atoms with van der Waals surface area (Å²) < 4.78 is 25.7. The number of likely N-dealkylation sites (tertiary alicyclic amines) is 1. The van der Waals surface area contributed by atoms with Crippen molar-refractivity contribution in [3.8, 4) is 5.75 Å². The molecular formula is C22H26N2O5S. The number of rotatable bonds is 7. The molecule has 3 aliphatic rings. The van der Waals surface area contributed by atoms with E-state index in [2.05, 4.69) is 10.2 Å². The number of piperidine rings is 1. The molecule has 0 bridgehead atoms. The molecule has 1 aliphatic carbocycles. The molecule has 0 radical (unpaired) electrons. The van der Waals surface area contributed by atoms with E-state index < -0.39 is 16.5 Å². The number of fused-ring (bicyclic) bond motifs is 2. The first-order valence-corrected chi connectivity index (χ1v) is 11.4. The van der Waals surface area contributed by atoms with Crippen molar-refractivity contribution < 1.29 is 23.1 Å². The first-order chi connectivity index (χ1) is 14.5. The molecule has 1 aromatic carbocycles. The number of aldehydes is 1. The molecule has 1 aromatic rings. The van der Waals surface area contributed by atoms with Crippen molar-refractivity contribution in [1.29, 1.82) is 0 Å². The Bertz CT molecular complexity index is 905. The minimum atomic E-state index is -1.85. The number of nitrogens with one attached hydrogen (secondary N) is 1. The van der Waals surface area contributed by atoms with Crippen LogP contribution in [0.3, 0.4) is 0 Å². The molecule has 2 aliphatic heterocycles. The van der Waals surface area contributed by atoms with Gasteiger partial charge < -0.3 is 19.4 Å². The third-order valence-corrected chi connectivity index (χ3v) is 7.23. The number of esters is 1. The van der Waals surface area contributed by atoms with Crippen LogP contribution < -0.4 is 10.1 Å². The number of allylic oxidation sites excluding steroid dienone is 2. The Morgan fingerprint density at radius 2 is 2.10 bits per heavy atom. The largest absolute Gasteiger partial charge is 0.426 e. The number of hydrogen-bond donors (Lipinski definition) is 2. The van der Waals surface area contributed by atoms with Gasteiger partial charge in [-0.05, 0) is 37.8 Å². The molecule has 0 aromatic heterocycles. The van der Waals surface area contributed by atoms with Crippen molar-refractivity contribution in [2.24, 2.45) is 0 Å². The highest BCUT2D eigenvalue weighted by Gasteiger charge is 2.50. The van der Waals surface area contributed by atoms with Crippen molar-refractivity contribution in [3.05, 3.63) is 53.8 Å². The highest BCUT2D eigenvalue weighted by Crippen LogP contribution is 2.46. The average Bonchev–Trinajstić information content (AvgIpc) is 3.04. The second-order valence-electron chi connectivity index (χ2n) is 7.99. The van der Waals surface area contributed by atoms with Gasteiger partial charge in [-0.2, -0.15) is 0 Å². The molecule has 7 nitrogen and oxygen atoms in total. The summed E-state index contributed by atoms with van der Waals surface area (Å²) in [7, 11) is 0. The lowest BCUT2D eigenvalue weighted by Gasteiger charge is -2.39. The van der Waals surface area contributed by atoms with E-state index in [0.29, 0.717) is 51.1 Å². The molecule has 2 unspecified atom stereocenters. The monoisotopic (exact) mass is 430 g/mol. The predicted octanol–water partition coefficient (Wildman–Crippen LogP) is 1.92. The zero-order valence-corrected chi connectivity index (χ0v) is 17.5. The Labute approximate surface area is 178 Å². The SMILES string of the molecule is O=C[C@H](CCNC1=CCC(S(=O)O)C=C1)N1CCC2(CC1)C(=O)Oc1ccccc12. The fraction of sp³-hybridized carbons (Fsp3) is 0.455. The van der Waals surface area contributed by atoms with Crippen LogP contribution in [-0.4, -0.2) is 56.8 Å². The van der Waals surface area contributed by atoms with Gasteiger partial charge in [0.25, 0.3) is 0 Å². The first kappa shape index (κ1) is 21.0. The van der Waals surface area contributed by atoms with E-state index in [1.807, 2.05) is 36.4 Å². The Kier molecular flexibility index (Phi) is 6.17. The standard InChI is InChI=1S/C22H26N2O5S/c25-15-17(9-12-23-16-5-7-18(8-6-16)30(27)28)24-13-10-22(11-14-24)19-3-1-2-4-20(19)29-21(22)26/h1-7,15,17-18,23H,8-14H2,(H,27,28)/t17-,18?/m0/s1. The molecule has 1 spiro atoms. The van der Waals surface area contributed by atoms with E-state index >= 15 is 0 Å². The normalized spacial score (nSPS) is 24.6. The Morgan fingerprint density at radius 3 is 2.77 bits per heavy atom. The van der Waals surface area contributed by atoms with Crippen molar-refractivity contribution in [1.82, 2.24) is 10.2 Å². The van der Waals surface area contributed by atoms with E-state index in [4.69, 9.17) is 9.29 Å². The molecule has 0 saturated carbocycles. The van der Waals surface area contributed by atoms with Crippen molar-refractivity contribution in [2.45, 2.75) is 42.4 Å². The molecule has 3 atom stereocenters. The number of carbonyl (C=O) groups is 2. The maximum atomic E-state index is 12.6. The maximum Gasteiger partial charge on any atom is 0.322 e. The summed E-state index contributed by atoms with van der Waals surface area (Å²) in [6.07, 6.45) is 8.90. The molecule has 4 rings (SSSR count). The van der Waals surface area contributed by atoms with E-state index in [1.165, 1.54) is 0 Å². The lowest BCUT2D eigenvalue weighted by molar-refractivity contribution is -0.140. The second-order valence-corrected chi connectivity index (χ2v) is 9.15. The van der Waals surface area contributed by atoms with Gasteiger partial charge >= 0.3 is 5.97 Å². The van der Waals surface area contributed by atoms with Crippen LogP contribution in [0.25, 0.3) is 0 Å². The van der Waals surface area contributed by atoms with Gasteiger partial charge in [-0.1, -0.05) is 30.4 Å². The molecule has 1 fully saturated rings. The third kappa shape index (κ3) is 3.99. The number of carbonyl (C=O) groups excluding carboxylic acids is 2. The van der Waals surface area contributed by atoms with E-state index in [9.17, 15) is 13.8 Å². The van der Waals surface area contributed by atoms with Gasteiger partial charge in [0, 0.05) is 30.9 Å². The maximum absolute atomic E-state index is 12.6. The smallest absolute Gasteiger partial charge is 0.322 e. The van der Waals surface area contributed by atoms with Crippen molar-refractivity contribution in [2.75, 3.05) is 19.6 Å². The number of nitrogens with zero attached hydrogens (tertiary/aromatic N) is 1. The van der Waals surface area contributed by atoms with Crippen molar-refractivity contribution in [3.63, 3.8) is 0 Å². The zero-order chi connectivity index (χ0) is 21.1. The lowest BCUT2D eigenvalue weighted by atomic mass is 9.73. The van der Waals surface area contributed by atoms with Crippen molar-refractivity contribution >= 4 is 23.3 Å². The number of ether oxygens (including phenoxy) is 1. The van der Waals surface area contributed by atoms with E-state index in [0.717, 1.165) is 17.5 Å². The predicted molar refractivity (Wildman–Crippen MR) is 113 cm³/mol. The number of benzene rings is 1. The van der Waals surface area contributed by atoms with E-state index in [-0.39, 0.29) is 17.3 Å². The fourth-order valence-corrected chi connectivity index (χ4v) is 5.03. The third-order valence-electron chi connectivity index (χ3n) is 6.36. The molecule has 1 saturated heterocycles. The summed E-state index contributed by atoms with van der Waals surface area (Å²) >= 11 is -1.85. The second kappa shape index (κ2) is 8.83. The minimum Gasteiger partial charge on any atom is -0.426 e. The van der Waals surface area contributed by atoms with Crippen LogP contribution in [-0.2, 0) is 26.1 Å². The molecule has 8 heteroatoms. The number of hydrogen-bond acceptors (Lipinski definition) is 6. The Morgan fingerprint density at radius 1 is 1.33 bits per heavy atom. The van der Waals surface area contributed by atoms with Crippen LogP contribution in [0.1, 0.15) is 31.2 Å². The zero-order valence-electron chi connectivity index (χ0n) is 16.7. The summed E-state index contributed by atoms with van der Waals surface area (Å²) in [5, 5.41) is 2.93. The van der Waals surface area contributed by atoms with E-state index in [1.54, 1.807) is 6.08 Å². The van der Waals surface area contributed by atoms with Gasteiger partial charge in [-0.3, -0.25) is 9.69 Å². The van der Waals surface area contributed by atoms with Gasteiger partial charge in [0.2, 0.25) is 0 Å². The Hall–Kier alpha value is -2.29. The van der Waals surface area contributed by atoms with Crippen LogP contribution in [0.5, 0.6) is 5.75 Å². The van der Waals surface area contributed by atoms with Crippen LogP contribution in [0.15, 0.2) is 48.2 Å². The molecule has 2 heterocycles. The lowest BCUT2D eigenvalue weighted by Crippen LogP contribution is -2.50. The summed E-state index contributed by atoms with van der Waals surface area (Å²) in [4.78, 5) is 26.5. The molecule has 160 valence electrons. The summed E-state index contributed by atoms with van der Waals surface area (Å²) in [6.45, 7) is 1.96. The quantitative estimate of drug-likeness (QED) is 0.295. The fourth-order valence-electron chi connectivity index (χ4n) is 4.55. The van der Waals surface area contributed by atoms with Crippen LogP contribution in [0.2, 0.25) is 0 Å². The molecule has 2 N–H and O–H groups in total. The summed E-state index contributed by atoms with van der Waals surface area (Å²) in [5.41, 5.74) is 1.29.